The minimum absolute atomic E-state index is 0.206. The molecule has 6 heteroatoms. The molecule has 0 spiro atoms. The van der Waals surface area contributed by atoms with Crippen LogP contribution < -0.4 is 0 Å². The molecule has 0 saturated heterocycles. The number of thiophene rings is 1. The molecule has 0 aliphatic rings. The van der Waals surface area contributed by atoms with Crippen LogP contribution in [-0.2, 0) is 0 Å². The van der Waals surface area contributed by atoms with Gasteiger partial charge in [-0.3, -0.25) is 0 Å². The Morgan fingerprint density at radius 3 is 2.80 bits per heavy atom. The number of aromatic carboxylic acids is 1. The molecule has 2 aromatic heterocycles. The number of carboxylic acids is 1. The molecular formula is C14H7BrClNO2S. The van der Waals surface area contributed by atoms with E-state index in [0.29, 0.717) is 21.6 Å². The summed E-state index contributed by atoms with van der Waals surface area (Å²) in [6, 6.07) is 8.63. The lowest BCUT2D eigenvalue weighted by Crippen LogP contribution is -2.00. The van der Waals surface area contributed by atoms with Gasteiger partial charge in [0.2, 0.25) is 0 Å². The van der Waals surface area contributed by atoms with Crippen LogP contribution in [0.4, 0.5) is 0 Å². The highest BCUT2D eigenvalue weighted by atomic mass is 79.9. The van der Waals surface area contributed by atoms with Gasteiger partial charge in [0, 0.05) is 15.2 Å². The van der Waals surface area contributed by atoms with E-state index >= 15 is 0 Å². The van der Waals surface area contributed by atoms with Crippen molar-refractivity contribution in [3.8, 4) is 10.6 Å². The van der Waals surface area contributed by atoms with Gasteiger partial charge in [-0.2, -0.15) is 0 Å². The van der Waals surface area contributed by atoms with E-state index in [0.717, 1.165) is 9.35 Å². The smallest absolute Gasteiger partial charge is 0.336 e. The van der Waals surface area contributed by atoms with Gasteiger partial charge in [0.1, 0.15) is 0 Å². The van der Waals surface area contributed by atoms with Gasteiger partial charge in [0.15, 0.2) is 0 Å². The van der Waals surface area contributed by atoms with Gasteiger partial charge in [-0.15, -0.1) is 11.3 Å². The highest BCUT2D eigenvalue weighted by Crippen LogP contribution is 2.33. The summed E-state index contributed by atoms with van der Waals surface area (Å²) < 4.78 is 0.940. The standard InChI is InChI=1S/C14H7BrClNO2S/c15-7-4-12(20-6-7)11-5-9(14(18)19)8-2-1-3-10(16)13(8)17-11/h1-6H,(H,18,19). The van der Waals surface area contributed by atoms with E-state index in [-0.39, 0.29) is 5.56 Å². The van der Waals surface area contributed by atoms with E-state index in [2.05, 4.69) is 20.9 Å². The molecule has 0 amide bonds. The lowest BCUT2D eigenvalue weighted by Gasteiger charge is -2.06. The highest BCUT2D eigenvalue weighted by molar-refractivity contribution is 9.10. The van der Waals surface area contributed by atoms with Gasteiger partial charge in [0.25, 0.3) is 0 Å². The van der Waals surface area contributed by atoms with E-state index < -0.39 is 5.97 Å². The molecule has 0 unspecified atom stereocenters. The van der Waals surface area contributed by atoms with Gasteiger partial charge in [-0.05, 0) is 34.1 Å². The van der Waals surface area contributed by atoms with Crippen molar-refractivity contribution in [3.63, 3.8) is 0 Å². The van der Waals surface area contributed by atoms with Crippen LogP contribution >= 0.6 is 38.9 Å². The van der Waals surface area contributed by atoms with Crippen LogP contribution in [0.2, 0.25) is 5.02 Å². The molecule has 100 valence electrons. The summed E-state index contributed by atoms with van der Waals surface area (Å²) >= 11 is 11.0. The van der Waals surface area contributed by atoms with Crippen LogP contribution in [0.15, 0.2) is 40.2 Å². The maximum atomic E-state index is 11.4. The molecule has 0 fully saturated rings. The fourth-order valence-corrected chi connectivity index (χ4v) is 3.57. The third kappa shape index (κ3) is 2.32. The minimum Gasteiger partial charge on any atom is -0.478 e. The Balaban J connectivity index is 2.35. The first-order valence-electron chi connectivity index (χ1n) is 5.63. The lowest BCUT2D eigenvalue weighted by molar-refractivity contribution is 0.0699. The van der Waals surface area contributed by atoms with Crippen LogP contribution in [0.1, 0.15) is 10.4 Å². The summed E-state index contributed by atoms with van der Waals surface area (Å²) in [4.78, 5) is 16.8. The summed E-state index contributed by atoms with van der Waals surface area (Å²) in [7, 11) is 0. The molecule has 20 heavy (non-hydrogen) atoms. The fourth-order valence-electron chi connectivity index (χ4n) is 1.96. The number of halogens is 2. The molecular weight excluding hydrogens is 362 g/mol. The van der Waals surface area contributed by atoms with E-state index in [1.54, 1.807) is 24.3 Å². The zero-order valence-electron chi connectivity index (χ0n) is 9.93. The number of aromatic nitrogens is 1. The molecule has 2 heterocycles. The Morgan fingerprint density at radius 1 is 1.35 bits per heavy atom. The number of para-hydroxylation sites is 1. The average Bonchev–Trinajstić information content (AvgIpc) is 2.85. The van der Waals surface area contributed by atoms with Crippen molar-refractivity contribution in [2.24, 2.45) is 0 Å². The van der Waals surface area contributed by atoms with E-state index in [4.69, 9.17) is 11.6 Å². The topological polar surface area (TPSA) is 50.2 Å². The van der Waals surface area contributed by atoms with Crippen LogP contribution in [0.25, 0.3) is 21.5 Å². The summed E-state index contributed by atoms with van der Waals surface area (Å²) in [6.45, 7) is 0. The number of hydrogen-bond acceptors (Lipinski definition) is 3. The highest BCUT2D eigenvalue weighted by Gasteiger charge is 2.15. The van der Waals surface area contributed by atoms with Gasteiger partial charge >= 0.3 is 5.97 Å². The Bertz CT molecular complexity index is 831. The molecule has 3 nitrogen and oxygen atoms in total. The second kappa shape index (κ2) is 5.16. The third-order valence-corrected chi connectivity index (χ3v) is 4.86. The first-order chi connectivity index (χ1) is 9.56. The summed E-state index contributed by atoms with van der Waals surface area (Å²) in [5, 5.41) is 12.3. The van der Waals surface area contributed by atoms with Crippen LogP contribution in [-0.4, -0.2) is 16.1 Å². The maximum absolute atomic E-state index is 11.4. The van der Waals surface area contributed by atoms with E-state index in [1.165, 1.54) is 11.3 Å². The number of nitrogens with zero attached hydrogens (tertiary/aromatic N) is 1. The number of benzene rings is 1. The van der Waals surface area contributed by atoms with Crippen molar-refractivity contribution in [2.75, 3.05) is 0 Å². The first-order valence-corrected chi connectivity index (χ1v) is 7.68. The van der Waals surface area contributed by atoms with Crippen LogP contribution in [0.3, 0.4) is 0 Å². The van der Waals surface area contributed by atoms with Gasteiger partial charge in [0.05, 0.1) is 26.7 Å². The molecule has 0 saturated carbocycles. The number of fused-ring (bicyclic) bond motifs is 1. The molecule has 1 N–H and O–H groups in total. The van der Waals surface area contributed by atoms with E-state index in [9.17, 15) is 9.90 Å². The number of rotatable bonds is 2. The number of pyridine rings is 1. The minimum atomic E-state index is -0.989. The largest absolute Gasteiger partial charge is 0.478 e. The quantitative estimate of drug-likeness (QED) is 0.686. The average molecular weight is 369 g/mol. The Morgan fingerprint density at radius 2 is 2.15 bits per heavy atom. The number of hydrogen-bond donors (Lipinski definition) is 1. The van der Waals surface area contributed by atoms with Crippen molar-refractivity contribution in [2.45, 2.75) is 0 Å². The zero-order chi connectivity index (χ0) is 14.3. The first kappa shape index (κ1) is 13.5. The molecule has 0 aliphatic carbocycles. The van der Waals surface area contributed by atoms with Crippen molar-refractivity contribution in [1.82, 2.24) is 4.98 Å². The predicted molar refractivity (Wildman–Crippen MR) is 84.7 cm³/mol. The zero-order valence-corrected chi connectivity index (χ0v) is 13.1. The van der Waals surface area contributed by atoms with Crippen LogP contribution in [0.5, 0.6) is 0 Å². The normalized spacial score (nSPS) is 10.9. The number of carbonyl (C=O) groups is 1. The molecule has 3 aromatic rings. The Hall–Kier alpha value is -1.43. The van der Waals surface area contributed by atoms with Crippen LogP contribution in [0, 0.1) is 0 Å². The molecule has 3 rings (SSSR count). The lowest BCUT2D eigenvalue weighted by atomic mass is 10.1. The van der Waals surface area contributed by atoms with Crippen molar-refractivity contribution in [1.29, 1.82) is 0 Å². The second-order valence-corrected chi connectivity index (χ2v) is 6.36. The maximum Gasteiger partial charge on any atom is 0.336 e. The summed E-state index contributed by atoms with van der Waals surface area (Å²) in [5.41, 5.74) is 1.32. The molecule has 0 bridgehead atoms. The van der Waals surface area contributed by atoms with Gasteiger partial charge in [-0.25, -0.2) is 9.78 Å². The second-order valence-electron chi connectivity index (χ2n) is 4.13. The van der Waals surface area contributed by atoms with Crippen molar-refractivity contribution >= 4 is 55.7 Å². The summed E-state index contributed by atoms with van der Waals surface area (Å²) in [5.74, 6) is -0.989. The SMILES string of the molecule is O=C(O)c1cc(-c2cc(Br)cs2)nc2c(Cl)cccc12. The Labute approximate surface area is 132 Å². The third-order valence-electron chi connectivity index (χ3n) is 2.84. The van der Waals surface area contributed by atoms with E-state index in [1.807, 2.05) is 11.4 Å². The monoisotopic (exact) mass is 367 g/mol. The molecule has 0 atom stereocenters. The fraction of sp³-hybridized carbons (Fsp3) is 0. The number of carboxylic acid groups (broad SMARTS) is 1. The van der Waals surface area contributed by atoms with Gasteiger partial charge < -0.3 is 5.11 Å². The molecule has 0 aliphatic heterocycles. The van der Waals surface area contributed by atoms with Crippen molar-refractivity contribution < 1.29 is 9.90 Å². The van der Waals surface area contributed by atoms with Crippen molar-refractivity contribution in [3.05, 3.63) is 50.8 Å². The molecule has 0 radical (unpaired) electrons. The Kier molecular flexibility index (Phi) is 3.50. The van der Waals surface area contributed by atoms with Gasteiger partial charge in [-0.1, -0.05) is 23.7 Å². The molecule has 1 aromatic carbocycles. The summed E-state index contributed by atoms with van der Waals surface area (Å²) in [6.07, 6.45) is 0. The predicted octanol–water partition coefficient (Wildman–Crippen LogP) is 5.08.